The molecule has 2 aromatic rings. The zero-order valence-corrected chi connectivity index (χ0v) is 18.1. The summed E-state index contributed by atoms with van der Waals surface area (Å²) in [6.07, 6.45) is 6.23. The van der Waals surface area contributed by atoms with Crippen molar-refractivity contribution in [2.45, 2.75) is 69.1 Å². The molecular formula is C22H29NO2S2. The van der Waals surface area contributed by atoms with Crippen LogP contribution in [0, 0.1) is 18.8 Å². The molecule has 3 rings (SSSR count). The molecule has 0 saturated heterocycles. The van der Waals surface area contributed by atoms with Crippen LogP contribution in [0.25, 0.3) is 0 Å². The molecule has 0 aliphatic heterocycles. The first-order chi connectivity index (χ1) is 13.0. The fourth-order valence-corrected chi connectivity index (χ4v) is 5.52. The predicted octanol–water partition coefficient (Wildman–Crippen LogP) is 6.51. The first-order valence-electron chi connectivity index (χ1n) is 9.88. The van der Waals surface area contributed by atoms with E-state index in [-0.39, 0.29) is 12.1 Å². The molecular weight excluding hydrogens is 374 g/mol. The molecule has 1 aliphatic rings. The van der Waals surface area contributed by atoms with E-state index in [2.05, 4.69) is 24.2 Å². The maximum absolute atomic E-state index is 12.7. The van der Waals surface area contributed by atoms with Gasteiger partial charge in [-0.3, -0.25) is 0 Å². The van der Waals surface area contributed by atoms with Gasteiger partial charge in [-0.2, -0.15) is 0 Å². The number of aromatic nitrogens is 1. The Bertz CT molecular complexity index is 733. The van der Waals surface area contributed by atoms with Crippen LogP contribution in [0.2, 0.25) is 0 Å². The van der Waals surface area contributed by atoms with Crippen molar-refractivity contribution in [3.63, 3.8) is 0 Å². The average molecular weight is 404 g/mol. The molecule has 0 amide bonds. The van der Waals surface area contributed by atoms with Crippen LogP contribution in [0.15, 0.2) is 34.0 Å². The summed E-state index contributed by atoms with van der Waals surface area (Å²) >= 11 is 3.41. The van der Waals surface area contributed by atoms with Gasteiger partial charge in [0.05, 0.1) is 5.56 Å². The van der Waals surface area contributed by atoms with E-state index >= 15 is 0 Å². The van der Waals surface area contributed by atoms with Crippen molar-refractivity contribution in [2.75, 3.05) is 0 Å². The van der Waals surface area contributed by atoms with Gasteiger partial charge in [-0.1, -0.05) is 57.0 Å². The molecule has 0 N–H and O–H groups in total. The highest BCUT2D eigenvalue weighted by atomic mass is 32.2. The molecule has 27 heavy (non-hydrogen) atoms. The van der Waals surface area contributed by atoms with E-state index in [9.17, 15) is 4.79 Å². The lowest BCUT2D eigenvalue weighted by atomic mass is 9.81. The smallest absolute Gasteiger partial charge is 0.338 e. The molecule has 1 heterocycles. The summed E-state index contributed by atoms with van der Waals surface area (Å²) in [7, 11) is 0. The van der Waals surface area contributed by atoms with E-state index in [0.29, 0.717) is 17.4 Å². The van der Waals surface area contributed by atoms with Gasteiger partial charge in [-0.25, -0.2) is 9.78 Å². The number of nitrogens with zero attached hydrogens (tertiary/aromatic N) is 1. The van der Waals surface area contributed by atoms with Crippen molar-refractivity contribution >= 4 is 29.1 Å². The zero-order chi connectivity index (χ0) is 19.2. The minimum atomic E-state index is -0.186. The molecule has 1 aromatic heterocycles. The zero-order valence-electron chi connectivity index (χ0n) is 16.4. The number of thioether (sulfide) groups is 1. The van der Waals surface area contributed by atoms with E-state index in [0.717, 1.165) is 15.8 Å². The van der Waals surface area contributed by atoms with Gasteiger partial charge in [-0.05, 0) is 49.3 Å². The summed E-state index contributed by atoms with van der Waals surface area (Å²) in [6.45, 7) is 6.33. The molecule has 0 bridgehead atoms. The first kappa shape index (κ1) is 20.4. The number of rotatable bonds is 7. The number of thiazole rings is 1. The van der Waals surface area contributed by atoms with E-state index in [1.165, 1.54) is 37.7 Å². The Morgan fingerprint density at radius 3 is 2.52 bits per heavy atom. The van der Waals surface area contributed by atoms with E-state index < -0.39 is 0 Å². The van der Waals surface area contributed by atoms with Gasteiger partial charge in [0.25, 0.3) is 0 Å². The van der Waals surface area contributed by atoms with Crippen molar-refractivity contribution < 1.29 is 9.53 Å². The number of ether oxygens (including phenoxy) is 1. The van der Waals surface area contributed by atoms with Crippen LogP contribution < -0.4 is 0 Å². The lowest BCUT2D eigenvalue weighted by molar-refractivity contribution is -0.00959. The molecule has 1 aromatic carbocycles. The highest BCUT2D eigenvalue weighted by Crippen LogP contribution is 2.32. The largest absolute Gasteiger partial charge is 0.458 e. The minimum absolute atomic E-state index is 0.0289. The third kappa shape index (κ3) is 5.82. The molecule has 1 aliphatic carbocycles. The van der Waals surface area contributed by atoms with Crippen LogP contribution in [-0.4, -0.2) is 17.1 Å². The number of hydrogen-bond acceptors (Lipinski definition) is 5. The maximum Gasteiger partial charge on any atom is 0.338 e. The third-order valence-corrected chi connectivity index (χ3v) is 7.37. The molecule has 1 unspecified atom stereocenters. The van der Waals surface area contributed by atoms with Gasteiger partial charge in [-0.15, -0.1) is 11.3 Å². The summed E-state index contributed by atoms with van der Waals surface area (Å²) in [5.74, 6) is 1.54. The van der Waals surface area contributed by atoms with Gasteiger partial charge < -0.3 is 4.74 Å². The lowest BCUT2D eigenvalue weighted by Gasteiger charge is -2.32. The van der Waals surface area contributed by atoms with Gasteiger partial charge in [0.1, 0.15) is 10.4 Å². The minimum Gasteiger partial charge on any atom is -0.458 e. The van der Waals surface area contributed by atoms with Crippen molar-refractivity contribution in [3.8, 4) is 0 Å². The van der Waals surface area contributed by atoms with Gasteiger partial charge in [0.2, 0.25) is 0 Å². The Balaban J connectivity index is 1.57. The number of benzene rings is 1. The van der Waals surface area contributed by atoms with Crippen LogP contribution >= 0.6 is 23.1 Å². The highest BCUT2D eigenvalue weighted by Gasteiger charge is 2.29. The van der Waals surface area contributed by atoms with Crippen molar-refractivity contribution in [2.24, 2.45) is 11.8 Å². The molecule has 0 spiro atoms. The Morgan fingerprint density at radius 1 is 1.22 bits per heavy atom. The first-order valence-corrected chi connectivity index (χ1v) is 11.7. The molecule has 3 nitrogen and oxygen atoms in total. The van der Waals surface area contributed by atoms with Gasteiger partial charge >= 0.3 is 5.97 Å². The standard InChI is InChI=1S/C22H29NO2S2/c1-15(2)20(18-7-5-4-6-8-18)25-21(24)19-11-9-17(10-12-19)14-27-22-23-16(3)13-26-22/h9-13,15,18,20H,4-8,14H2,1-3H3. The summed E-state index contributed by atoms with van der Waals surface area (Å²) in [6, 6.07) is 7.83. The fraction of sp³-hybridized carbons (Fsp3) is 0.545. The average Bonchev–Trinajstić information content (AvgIpc) is 3.10. The Hall–Kier alpha value is -1.33. The Morgan fingerprint density at radius 2 is 1.93 bits per heavy atom. The second-order valence-corrected chi connectivity index (χ2v) is 9.83. The Kier molecular flexibility index (Phi) is 7.36. The van der Waals surface area contributed by atoms with Crippen molar-refractivity contribution in [1.29, 1.82) is 0 Å². The van der Waals surface area contributed by atoms with Crippen LogP contribution in [0.5, 0.6) is 0 Å². The van der Waals surface area contributed by atoms with Crippen LogP contribution in [0.4, 0.5) is 0 Å². The fourth-order valence-electron chi connectivity index (χ4n) is 3.71. The number of esters is 1. The SMILES string of the molecule is Cc1csc(SCc2ccc(C(=O)OC(C(C)C)C3CCCCC3)cc2)n1. The third-order valence-electron chi connectivity index (χ3n) is 5.16. The van der Waals surface area contributed by atoms with Crippen molar-refractivity contribution in [1.82, 2.24) is 4.98 Å². The highest BCUT2D eigenvalue weighted by molar-refractivity contribution is 8.00. The van der Waals surface area contributed by atoms with Crippen LogP contribution in [-0.2, 0) is 10.5 Å². The number of carbonyl (C=O) groups excluding carboxylic acids is 1. The number of carbonyl (C=O) groups is 1. The van der Waals surface area contributed by atoms with E-state index in [1.54, 1.807) is 23.1 Å². The lowest BCUT2D eigenvalue weighted by Crippen LogP contribution is -2.33. The predicted molar refractivity (Wildman–Crippen MR) is 113 cm³/mol. The summed E-state index contributed by atoms with van der Waals surface area (Å²) < 4.78 is 7.04. The van der Waals surface area contributed by atoms with Crippen LogP contribution in [0.1, 0.15) is 67.6 Å². The van der Waals surface area contributed by atoms with E-state index in [1.807, 2.05) is 31.2 Å². The topological polar surface area (TPSA) is 39.2 Å². The monoisotopic (exact) mass is 403 g/mol. The van der Waals surface area contributed by atoms with Gasteiger partial charge in [0.15, 0.2) is 0 Å². The quantitative estimate of drug-likeness (QED) is 0.390. The van der Waals surface area contributed by atoms with Gasteiger partial charge in [0, 0.05) is 16.8 Å². The van der Waals surface area contributed by atoms with Crippen LogP contribution in [0.3, 0.4) is 0 Å². The normalized spacial score (nSPS) is 16.4. The second kappa shape index (κ2) is 9.74. The number of aryl methyl sites for hydroxylation is 1. The van der Waals surface area contributed by atoms with E-state index in [4.69, 9.17) is 4.74 Å². The summed E-state index contributed by atoms with van der Waals surface area (Å²) in [4.78, 5) is 17.1. The number of hydrogen-bond donors (Lipinski definition) is 0. The van der Waals surface area contributed by atoms with Crippen molar-refractivity contribution in [3.05, 3.63) is 46.5 Å². The molecule has 1 saturated carbocycles. The molecule has 5 heteroatoms. The molecule has 0 radical (unpaired) electrons. The summed E-state index contributed by atoms with van der Waals surface area (Å²) in [5.41, 5.74) is 2.91. The molecule has 1 fully saturated rings. The second-order valence-electron chi connectivity index (χ2n) is 7.75. The Labute approximate surface area is 170 Å². The molecule has 1 atom stereocenters. The molecule has 146 valence electrons. The summed E-state index contributed by atoms with van der Waals surface area (Å²) in [5, 5.41) is 2.07. The maximum atomic E-state index is 12.7.